The third kappa shape index (κ3) is 8.06. The summed E-state index contributed by atoms with van der Waals surface area (Å²) in [5.41, 5.74) is 4.01. The highest BCUT2D eigenvalue weighted by Gasteiger charge is 2.31. The lowest BCUT2D eigenvalue weighted by atomic mass is 9.99. The first kappa shape index (κ1) is 33.0. The predicted molar refractivity (Wildman–Crippen MR) is 172 cm³/mol. The quantitative estimate of drug-likeness (QED) is 0.193. The van der Waals surface area contributed by atoms with Crippen molar-refractivity contribution in [2.45, 2.75) is 58.4 Å². The van der Waals surface area contributed by atoms with Crippen molar-refractivity contribution in [2.24, 2.45) is 4.99 Å². The van der Waals surface area contributed by atoms with E-state index in [0.717, 1.165) is 34.6 Å². The monoisotopic (exact) mass is 654 g/mol. The van der Waals surface area contributed by atoms with Gasteiger partial charge in [0.05, 0.1) is 5.69 Å². The van der Waals surface area contributed by atoms with Crippen LogP contribution in [0.25, 0.3) is 17.1 Å². The zero-order valence-electron chi connectivity index (χ0n) is 25.8. The molecular formula is C33H34F4N6O2S. The van der Waals surface area contributed by atoms with Crippen molar-refractivity contribution in [3.8, 4) is 22.8 Å². The average molecular weight is 655 g/mol. The fraction of sp³-hybridized carbons (Fsp3) is 0.333. The molecule has 8 nitrogen and oxygen atoms in total. The fourth-order valence-electron chi connectivity index (χ4n) is 5.11. The Hall–Kier alpha value is -4.39. The van der Waals surface area contributed by atoms with Crippen molar-refractivity contribution in [1.29, 1.82) is 0 Å². The first-order valence-corrected chi connectivity index (χ1v) is 15.8. The molecule has 46 heavy (non-hydrogen) atoms. The van der Waals surface area contributed by atoms with E-state index in [2.05, 4.69) is 32.1 Å². The molecule has 1 aromatic heterocycles. The van der Waals surface area contributed by atoms with Crippen LogP contribution >= 0.6 is 11.8 Å². The topological polar surface area (TPSA) is 84.6 Å². The molecule has 2 amide bonds. The van der Waals surface area contributed by atoms with Crippen LogP contribution in [0.1, 0.15) is 57.1 Å². The van der Waals surface area contributed by atoms with E-state index in [1.54, 1.807) is 12.1 Å². The van der Waals surface area contributed by atoms with Gasteiger partial charge in [0.25, 0.3) is 0 Å². The van der Waals surface area contributed by atoms with Crippen LogP contribution in [0.15, 0.2) is 78.0 Å². The second-order valence-corrected chi connectivity index (χ2v) is 12.4. The Bertz CT molecular complexity index is 1690. The lowest BCUT2D eigenvalue weighted by Gasteiger charge is -2.37. The van der Waals surface area contributed by atoms with Crippen molar-refractivity contribution in [2.75, 3.05) is 17.2 Å². The van der Waals surface area contributed by atoms with Crippen molar-refractivity contribution < 1.29 is 27.1 Å². The van der Waals surface area contributed by atoms with Crippen LogP contribution in [-0.4, -0.2) is 50.7 Å². The summed E-state index contributed by atoms with van der Waals surface area (Å²) in [6.07, 6.45) is -2.36. The SMILES string of the molecule is CC(C)c1cc(F)ccc1N1C(=NC(=O)NCC(C)c2ccc(-c3ncn(-c4ccc(OC(F)(F)F)cc4)n3)cc2)SCCC1C. The molecule has 3 aromatic carbocycles. The van der Waals surface area contributed by atoms with Gasteiger partial charge in [-0.1, -0.05) is 56.8 Å². The molecule has 2 heterocycles. The highest BCUT2D eigenvalue weighted by Crippen LogP contribution is 2.35. The molecule has 1 saturated heterocycles. The maximum atomic E-state index is 14.1. The summed E-state index contributed by atoms with van der Waals surface area (Å²) >= 11 is 1.52. The molecule has 1 fully saturated rings. The number of halogens is 4. The van der Waals surface area contributed by atoms with E-state index >= 15 is 0 Å². The number of thioether (sulfide) groups is 1. The lowest BCUT2D eigenvalue weighted by molar-refractivity contribution is -0.274. The number of hydrogen-bond donors (Lipinski definition) is 1. The summed E-state index contributed by atoms with van der Waals surface area (Å²) in [5, 5.41) is 7.96. The van der Waals surface area contributed by atoms with E-state index in [1.807, 2.05) is 49.9 Å². The van der Waals surface area contributed by atoms with Gasteiger partial charge >= 0.3 is 12.4 Å². The van der Waals surface area contributed by atoms with Gasteiger partial charge in [-0.3, -0.25) is 0 Å². The van der Waals surface area contributed by atoms with Gasteiger partial charge in [-0.15, -0.1) is 18.3 Å². The first-order chi connectivity index (χ1) is 21.9. The van der Waals surface area contributed by atoms with Gasteiger partial charge in [-0.2, -0.15) is 4.99 Å². The Morgan fingerprint density at radius 3 is 2.48 bits per heavy atom. The Balaban J connectivity index is 1.21. The molecule has 242 valence electrons. The number of nitrogens with zero attached hydrogens (tertiary/aromatic N) is 5. The van der Waals surface area contributed by atoms with Crippen molar-refractivity contribution in [1.82, 2.24) is 20.1 Å². The minimum atomic E-state index is -4.76. The summed E-state index contributed by atoms with van der Waals surface area (Å²) in [6.45, 7) is 8.48. The number of carbonyl (C=O) groups excluding carboxylic acids is 1. The summed E-state index contributed by atoms with van der Waals surface area (Å²) in [6, 6.07) is 17.4. The molecule has 2 unspecified atom stereocenters. The number of rotatable bonds is 8. The molecule has 0 bridgehead atoms. The van der Waals surface area contributed by atoms with Gasteiger partial charge in [-0.25, -0.2) is 18.9 Å². The molecule has 1 aliphatic rings. The van der Waals surface area contributed by atoms with Gasteiger partial charge in [0.15, 0.2) is 11.0 Å². The number of aromatic nitrogens is 3. The second kappa shape index (κ2) is 13.9. The number of benzene rings is 3. The molecule has 1 aliphatic heterocycles. The van der Waals surface area contributed by atoms with Crippen molar-refractivity contribution >= 4 is 28.6 Å². The van der Waals surface area contributed by atoms with Crippen LogP contribution in [0.2, 0.25) is 0 Å². The number of amides is 2. The molecule has 5 rings (SSSR count). The largest absolute Gasteiger partial charge is 0.573 e. The Morgan fingerprint density at radius 1 is 1.09 bits per heavy atom. The zero-order valence-corrected chi connectivity index (χ0v) is 26.6. The van der Waals surface area contributed by atoms with Gasteiger partial charge in [-0.05, 0) is 78.8 Å². The molecule has 13 heteroatoms. The number of hydrogen-bond acceptors (Lipinski definition) is 5. The number of alkyl halides is 3. The summed E-state index contributed by atoms with van der Waals surface area (Å²) in [4.78, 5) is 23.8. The van der Waals surface area contributed by atoms with E-state index in [-0.39, 0.29) is 29.4 Å². The second-order valence-electron chi connectivity index (χ2n) is 11.4. The molecule has 4 aromatic rings. The Kier molecular flexibility index (Phi) is 10.00. The molecule has 0 saturated carbocycles. The van der Waals surface area contributed by atoms with Crippen molar-refractivity contribution in [3.63, 3.8) is 0 Å². The van der Waals surface area contributed by atoms with Crippen LogP contribution in [0.5, 0.6) is 5.75 Å². The molecular weight excluding hydrogens is 620 g/mol. The number of urea groups is 1. The third-order valence-corrected chi connectivity index (χ3v) is 8.59. The molecule has 0 radical (unpaired) electrons. The fourth-order valence-corrected chi connectivity index (χ4v) is 6.31. The van der Waals surface area contributed by atoms with Gasteiger partial charge in [0.1, 0.15) is 17.9 Å². The lowest BCUT2D eigenvalue weighted by Crippen LogP contribution is -2.43. The summed E-state index contributed by atoms with van der Waals surface area (Å²) in [7, 11) is 0. The van der Waals surface area contributed by atoms with Gasteiger partial charge < -0.3 is 15.0 Å². The number of aliphatic imine (C=N–C) groups is 1. The van der Waals surface area contributed by atoms with E-state index < -0.39 is 12.4 Å². The number of ether oxygens (including phenoxy) is 1. The number of nitrogens with one attached hydrogen (secondary N) is 1. The summed E-state index contributed by atoms with van der Waals surface area (Å²) in [5.74, 6) is 0.757. The van der Waals surface area contributed by atoms with Crippen molar-refractivity contribution in [3.05, 3.63) is 90.0 Å². The minimum Gasteiger partial charge on any atom is -0.406 e. The summed E-state index contributed by atoms with van der Waals surface area (Å²) < 4.78 is 56.7. The first-order valence-electron chi connectivity index (χ1n) is 14.8. The zero-order chi connectivity index (χ0) is 33.0. The molecule has 0 aliphatic carbocycles. The van der Waals surface area contributed by atoms with Crippen LogP contribution in [0.4, 0.5) is 28.0 Å². The minimum absolute atomic E-state index is 0.0140. The Morgan fingerprint density at radius 2 is 1.80 bits per heavy atom. The average Bonchev–Trinajstić information content (AvgIpc) is 3.50. The van der Waals surface area contributed by atoms with Crippen LogP contribution in [0.3, 0.4) is 0 Å². The van der Waals surface area contributed by atoms with Crippen LogP contribution in [0, 0.1) is 5.82 Å². The van der Waals surface area contributed by atoms with Crippen LogP contribution < -0.4 is 15.0 Å². The van der Waals surface area contributed by atoms with E-state index in [9.17, 15) is 22.4 Å². The smallest absolute Gasteiger partial charge is 0.406 e. The number of amidine groups is 1. The molecule has 2 atom stereocenters. The normalized spacial score (nSPS) is 16.9. The van der Waals surface area contributed by atoms with E-state index in [1.165, 1.54) is 53.1 Å². The van der Waals surface area contributed by atoms with Crippen LogP contribution in [-0.2, 0) is 0 Å². The van der Waals surface area contributed by atoms with E-state index in [0.29, 0.717) is 23.2 Å². The molecule has 1 N–H and O–H groups in total. The standard InChI is InChI=1S/C33H34F4N6O2S/c1-20(2)28-17-25(34)9-14-29(28)43-22(4)15-16-46-32(43)40-31(44)38-18-21(3)23-5-7-24(8-6-23)30-39-19-42(41-30)26-10-12-27(13-11-26)45-33(35,36)37/h5-14,17,19-22H,15-16,18H2,1-4H3,(H,38,44). The Labute approximate surface area is 268 Å². The number of carbonyl (C=O) groups is 1. The third-order valence-electron chi connectivity index (χ3n) is 7.61. The highest BCUT2D eigenvalue weighted by atomic mass is 32.2. The predicted octanol–water partition coefficient (Wildman–Crippen LogP) is 8.30. The highest BCUT2D eigenvalue weighted by molar-refractivity contribution is 8.14. The maximum Gasteiger partial charge on any atom is 0.573 e. The van der Waals surface area contributed by atoms with Gasteiger partial charge in [0.2, 0.25) is 0 Å². The maximum absolute atomic E-state index is 14.1. The number of anilines is 1. The van der Waals surface area contributed by atoms with Gasteiger partial charge in [0, 0.05) is 29.6 Å². The molecule has 0 spiro atoms. The van der Waals surface area contributed by atoms with E-state index in [4.69, 9.17) is 0 Å².